The second kappa shape index (κ2) is 11.1. The minimum absolute atomic E-state index is 0.0122. The van der Waals surface area contributed by atoms with Gasteiger partial charge in [-0.05, 0) is 41.0 Å². The predicted octanol–water partition coefficient (Wildman–Crippen LogP) is 1.16. The Morgan fingerprint density at radius 1 is 1.07 bits per heavy atom. The molecule has 9 heteroatoms. The number of Topliss-reactive ketones (excluding diaryl/α,β-unsaturated/α-hetero) is 1. The van der Waals surface area contributed by atoms with Gasteiger partial charge >= 0.3 is 24.2 Å². The van der Waals surface area contributed by atoms with Gasteiger partial charge in [-0.3, -0.25) is 9.59 Å². The van der Waals surface area contributed by atoms with E-state index < -0.39 is 41.9 Å². The van der Waals surface area contributed by atoms with Crippen molar-refractivity contribution < 1.29 is 33.4 Å². The molecular formula is C18H29N2O7+. The average Bonchev–Trinajstić information content (AvgIpc) is 2.49. The maximum Gasteiger partial charge on any atom is 0.410 e. The molecule has 0 radical (unpaired) electrons. The summed E-state index contributed by atoms with van der Waals surface area (Å²) in [6.07, 6.45) is -1.57. The van der Waals surface area contributed by atoms with Crippen LogP contribution in [0.15, 0.2) is 0 Å². The average molecular weight is 385 g/mol. The third kappa shape index (κ3) is 10.8. The number of esters is 2. The van der Waals surface area contributed by atoms with Gasteiger partial charge in [0.2, 0.25) is 12.1 Å². The summed E-state index contributed by atoms with van der Waals surface area (Å²) in [4.78, 5) is 47.4. The SMILES string of the molecule is C=[N+]=CC(=O)CC[C@H](NC(=O)O[C@@H](C)OC(=O)C(C)(C)C)C(=O)OC(C)C. The van der Waals surface area contributed by atoms with Crippen molar-refractivity contribution in [3.63, 3.8) is 0 Å². The molecule has 0 saturated carbocycles. The molecule has 1 amide bonds. The highest BCUT2D eigenvalue weighted by atomic mass is 16.7. The van der Waals surface area contributed by atoms with E-state index in [1.807, 2.05) is 0 Å². The van der Waals surface area contributed by atoms with E-state index in [1.54, 1.807) is 34.6 Å². The van der Waals surface area contributed by atoms with Gasteiger partial charge in [0.25, 0.3) is 6.72 Å². The van der Waals surface area contributed by atoms with Crippen LogP contribution in [0, 0.1) is 5.41 Å². The molecule has 0 aromatic heterocycles. The fourth-order valence-corrected chi connectivity index (χ4v) is 1.69. The second-order valence-corrected chi connectivity index (χ2v) is 7.13. The van der Waals surface area contributed by atoms with E-state index in [9.17, 15) is 19.2 Å². The molecule has 0 aromatic rings. The highest BCUT2D eigenvalue weighted by Gasteiger charge is 2.28. The molecule has 0 bridgehead atoms. The van der Waals surface area contributed by atoms with Gasteiger partial charge in [-0.1, -0.05) is 0 Å². The number of alkyl carbamates (subject to hydrolysis) is 1. The van der Waals surface area contributed by atoms with E-state index >= 15 is 0 Å². The summed E-state index contributed by atoms with van der Waals surface area (Å²) in [7, 11) is 0. The van der Waals surface area contributed by atoms with Crippen LogP contribution >= 0.6 is 0 Å². The topological polar surface area (TPSA) is 122 Å². The molecule has 0 aromatic carbocycles. The Labute approximate surface area is 159 Å². The van der Waals surface area contributed by atoms with Crippen LogP contribution in [-0.2, 0) is 28.6 Å². The molecule has 2 atom stereocenters. The standard InChI is InChI=1S/C18H28N2O7/c1-11(2)25-15(22)14(9-8-13(21)10-19-7)20-17(24)27-12(3)26-16(23)18(4,5)6/h10-12,14H,7-9H2,1-6H3/p+1/t12-,14-/m0/s1. The van der Waals surface area contributed by atoms with E-state index in [4.69, 9.17) is 14.2 Å². The van der Waals surface area contributed by atoms with Gasteiger partial charge in [0.05, 0.1) is 11.5 Å². The maximum absolute atomic E-state index is 12.1. The number of nitrogens with one attached hydrogen (secondary N) is 1. The molecule has 0 fully saturated rings. The molecule has 0 heterocycles. The molecule has 27 heavy (non-hydrogen) atoms. The fourth-order valence-electron chi connectivity index (χ4n) is 1.69. The molecule has 1 N–H and O–H groups in total. The minimum Gasteiger partial charge on any atom is -0.461 e. The number of carbonyl (C=O) groups is 4. The van der Waals surface area contributed by atoms with Crippen LogP contribution in [0.1, 0.15) is 54.4 Å². The van der Waals surface area contributed by atoms with Crippen LogP contribution in [0.5, 0.6) is 0 Å². The van der Waals surface area contributed by atoms with Crippen LogP contribution in [0.4, 0.5) is 4.79 Å². The molecule has 0 unspecified atom stereocenters. The van der Waals surface area contributed by atoms with Crippen molar-refractivity contribution in [1.29, 1.82) is 0 Å². The lowest BCUT2D eigenvalue weighted by atomic mass is 9.97. The number of rotatable bonds is 9. The summed E-state index contributed by atoms with van der Waals surface area (Å²) in [6.45, 7) is 12.8. The molecule has 152 valence electrons. The van der Waals surface area contributed by atoms with Gasteiger partial charge < -0.3 is 19.5 Å². The van der Waals surface area contributed by atoms with Crippen molar-refractivity contribution in [3.8, 4) is 0 Å². The van der Waals surface area contributed by atoms with E-state index in [2.05, 4.69) is 16.7 Å². The largest absolute Gasteiger partial charge is 0.461 e. The molecule has 9 nitrogen and oxygen atoms in total. The second-order valence-electron chi connectivity index (χ2n) is 7.13. The zero-order valence-corrected chi connectivity index (χ0v) is 16.7. The Hall–Kier alpha value is -2.67. The summed E-state index contributed by atoms with van der Waals surface area (Å²) in [5.74, 6) is -1.60. The Morgan fingerprint density at radius 3 is 2.15 bits per heavy atom. The number of ether oxygens (including phenoxy) is 3. The Kier molecular flexibility index (Phi) is 10.0. The van der Waals surface area contributed by atoms with Crippen molar-refractivity contribution >= 4 is 36.7 Å². The summed E-state index contributed by atoms with van der Waals surface area (Å²) >= 11 is 0. The summed E-state index contributed by atoms with van der Waals surface area (Å²) in [5.41, 5.74) is -0.756. The van der Waals surface area contributed by atoms with Gasteiger partial charge in [-0.2, -0.15) is 0 Å². The Balaban J connectivity index is 4.85. The normalized spacial score (nSPS) is 13.0. The predicted molar refractivity (Wildman–Crippen MR) is 99.2 cm³/mol. The van der Waals surface area contributed by atoms with E-state index in [0.29, 0.717) is 0 Å². The Bertz CT molecular complexity index is 601. The lowest BCUT2D eigenvalue weighted by Gasteiger charge is -2.22. The third-order valence-corrected chi connectivity index (χ3v) is 3.00. The van der Waals surface area contributed by atoms with E-state index in [0.717, 1.165) is 6.21 Å². The molecule has 0 saturated heterocycles. The molecule has 0 aliphatic rings. The number of nitrogens with zero attached hydrogens (tertiary/aromatic N) is 1. The summed E-state index contributed by atoms with van der Waals surface area (Å²) < 4.78 is 18.4. The van der Waals surface area contributed by atoms with Crippen molar-refractivity contribution in [3.05, 3.63) is 0 Å². The van der Waals surface area contributed by atoms with Crippen LogP contribution in [0.25, 0.3) is 0 Å². The van der Waals surface area contributed by atoms with Gasteiger partial charge in [-0.25, -0.2) is 9.59 Å². The number of hydrogen-bond acceptors (Lipinski definition) is 7. The van der Waals surface area contributed by atoms with Gasteiger partial charge in [0, 0.05) is 13.3 Å². The Morgan fingerprint density at radius 2 is 1.67 bits per heavy atom. The maximum atomic E-state index is 12.1. The zero-order valence-electron chi connectivity index (χ0n) is 16.7. The first kappa shape index (κ1) is 24.3. The number of ketones is 1. The molecule has 0 rings (SSSR count). The highest BCUT2D eigenvalue weighted by molar-refractivity contribution is 6.27. The van der Waals surface area contributed by atoms with Crippen molar-refractivity contribution in [2.75, 3.05) is 0 Å². The molecule has 0 spiro atoms. The highest BCUT2D eigenvalue weighted by Crippen LogP contribution is 2.16. The summed E-state index contributed by atoms with van der Waals surface area (Å²) in [5, 5.41) is 2.32. The monoisotopic (exact) mass is 385 g/mol. The first-order valence-electron chi connectivity index (χ1n) is 8.57. The van der Waals surface area contributed by atoms with Gasteiger partial charge in [-0.15, -0.1) is 4.67 Å². The number of hydrogen-bond donors (Lipinski definition) is 1. The van der Waals surface area contributed by atoms with Crippen molar-refractivity contribution in [1.82, 2.24) is 9.98 Å². The molecular weight excluding hydrogens is 356 g/mol. The third-order valence-electron chi connectivity index (χ3n) is 3.00. The first-order valence-corrected chi connectivity index (χ1v) is 8.57. The number of carbonyl (C=O) groups excluding carboxylic acids is 4. The van der Waals surface area contributed by atoms with Crippen LogP contribution in [0.3, 0.4) is 0 Å². The van der Waals surface area contributed by atoms with E-state index in [1.165, 1.54) is 6.92 Å². The van der Waals surface area contributed by atoms with E-state index in [-0.39, 0.29) is 18.6 Å². The quantitative estimate of drug-likeness (QED) is 0.273. The van der Waals surface area contributed by atoms with Crippen molar-refractivity contribution in [2.45, 2.75) is 72.8 Å². The lowest BCUT2D eigenvalue weighted by Crippen LogP contribution is -2.44. The zero-order chi connectivity index (χ0) is 21.2. The fraction of sp³-hybridized carbons (Fsp3) is 0.667. The van der Waals surface area contributed by atoms with Gasteiger partial charge in [0.15, 0.2) is 0 Å². The molecule has 0 aliphatic heterocycles. The number of amides is 1. The minimum atomic E-state index is -1.15. The smallest absolute Gasteiger partial charge is 0.410 e. The summed E-state index contributed by atoms with van der Waals surface area (Å²) in [6, 6.07) is -1.10. The van der Waals surface area contributed by atoms with Crippen molar-refractivity contribution in [2.24, 2.45) is 5.41 Å². The van der Waals surface area contributed by atoms with Crippen LogP contribution < -0.4 is 9.98 Å². The van der Waals surface area contributed by atoms with Gasteiger partial charge in [0.1, 0.15) is 6.04 Å². The molecule has 0 aliphatic carbocycles. The van der Waals surface area contributed by atoms with Crippen LogP contribution in [0.2, 0.25) is 0 Å². The lowest BCUT2D eigenvalue weighted by molar-refractivity contribution is -0.174. The van der Waals surface area contributed by atoms with Crippen LogP contribution in [-0.4, -0.2) is 55.2 Å². The first-order chi connectivity index (χ1) is 12.4.